The van der Waals surface area contributed by atoms with Crippen LogP contribution in [-0.4, -0.2) is 24.8 Å². The van der Waals surface area contributed by atoms with Crippen molar-refractivity contribution >= 4 is 23.6 Å². The summed E-state index contributed by atoms with van der Waals surface area (Å²) in [4.78, 5) is 6.24. The molecule has 2 nitrogen and oxygen atoms in total. The van der Waals surface area contributed by atoms with Crippen molar-refractivity contribution < 1.29 is 13.2 Å². The molecule has 0 N–H and O–H groups in total. The summed E-state index contributed by atoms with van der Waals surface area (Å²) in [7, 11) is 1.88. The fourth-order valence-electron chi connectivity index (χ4n) is 2.44. The van der Waals surface area contributed by atoms with Crippen molar-refractivity contribution in [1.29, 1.82) is 0 Å². The van der Waals surface area contributed by atoms with E-state index < -0.39 is 11.7 Å². The predicted octanol–water partition coefficient (Wildman–Crippen LogP) is 5.87. The minimum Gasteiger partial charge on any atom is -0.366 e. The van der Waals surface area contributed by atoms with Crippen molar-refractivity contribution in [3.8, 4) is 0 Å². The molecular formula is C19H20ClF3N2. The Morgan fingerprint density at radius 3 is 2.48 bits per heavy atom. The molecule has 0 saturated carbocycles. The third kappa shape index (κ3) is 4.98. The second-order valence-electron chi connectivity index (χ2n) is 5.91. The van der Waals surface area contributed by atoms with Crippen molar-refractivity contribution in [2.45, 2.75) is 26.4 Å². The zero-order valence-electron chi connectivity index (χ0n) is 14.4. The predicted molar refractivity (Wildman–Crippen MR) is 96.9 cm³/mol. The number of alkyl halides is 3. The van der Waals surface area contributed by atoms with Crippen LogP contribution in [0.4, 0.5) is 18.9 Å². The van der Waals surface area contributed by atoms with Gasteiger partial charge in [-0.1, -0.05) is 35.9 Å². The Labute approximate surface area is 150 Å². The van der Waals surface area contributed by atoms with Crippen LogP contribution in [0.3, 0.4) is 0 Å². The summed E-state index contributed by atoms with van der Waals surface area (Å²) >= 11 is 6.41. The lowest BCUT2D eigenvalue weighted by atomic mass is 9.98. The average molecular weight is 369 g/mol. The lowest BCUT2D eigenvalue weighted by molar-refractivity contribution is -0.138. The summed E-state index contributed by atoms with van der Waals surface area (Å²) in [6, 6.07) is 9.19. The summed E-state index contributed by atoms with van der Waals surface area (Å²) in [5, 5.41) is 0.378. The Hall–Kier alpha value is -2.01. The molecule has 0 bridgehead atoms. The van der Waals surface area contributed by atoms with Gasteiger partial charge >= 0.3 is 6.18 Å². The molecule has 0 unspecified atom stereocenters. The molecule has 0 atom stereocenters. The van der Waals surface area contributed by atoms with E-state index in [1.807, 2.05) is 31.9 Å². The number of aryl methyl sites for hydroxylation is 1. The van der Waals surface area contributed by atoms with Crippen LogP contribution in [0.2, 0.25) is 5.02 Å². The molecule has 0 radical (unpaired) electrons. The first-order valence-electron chi connectivity index (χ1n) is 7.91. The largest absolute Gasteiger partial charge is 0.416 e. The van der Waals surface area contributed by atoms with Crippen LogP contribution in [-0.2, 0) is 12.6 Å². The number of hydrogen-bond acceptors (Lipinski definition) is 1. The Bertz CT molecular complexity index is 770. The van der Waals surface area contributed by atoms with Gasteiger partial charge in [0.05, 0.1) is 22.6 Å². The molecule has 134 valence electrons. The van der Waals surface area contributed by atoms with Gasteiger partial charge in [0, 0.05) is 13.6 Å². The molecule has 0 fully saturated rings. The van der Waals surface area contributed by atoms with Crippen LogP contribution in [0.15, 0.2) is 41.4 Å². The number of benzene rings is 2. The third-order valence-electron chi connectivity index (χ3n) is 3.87. The highest BCUT2D eigenvalue weighted by atomic mass is 35.5. The van der Waals surface area contributed by atoms with Gasteiger partial charge in [-0.25, -0.2) is 4.99 Å². The summed E-state index contributed by atoms with van der Waals surface area (Å²) in [6.45, 7) is 4.65. The quantitative estimate of drug-likeness (QED) is 0.476. The molecule has 0 spiro atoms. The highest BCUT2D eigenvalue weighted by Gasteiger charge is 2.32. The first-order valence-corrected chi connectivity index (χ1v) is 8.28. The van der Waals surface area contributed by atoms with Crippen molar-refractivity contribution in [1.82, 2.24) is 4.90 Å². The number of halogens is 4. The van der Waals surface area contributed by atoms with Crippen molar-refractivity contribution in [2.24, 2.45) is 4.99 Å². The molecule has 0 aromatic heterocycles. The van der Waals surface area contributed by atoms with Gasteiger partial charge in [-0.2, -0.15) is 13.2 Å². The van der Waals surface area contributed by atoms with E-state index in [1.54, 1.807) is 18.5 Å². The van der Waals surface area contributed by atoms with E-state index in [-0.39, 0.29) is 12.0 Å². The second kappa shape index (κ2) is 7.91. The fraction of sp³-hybridized carbons (Fsp3) is 0.316. The van der Waals surface area contributed by atoms with E-state index in [1.165, 1.54) is 12.1 Å². The molecule has 0 saturated heterocycles. The number of aliphatic imine (C=N–C) groups is 1. The number of rotatable bonds is 5. The van der Waals surface area contributed by atoms with Crippen LogP contribution >= 0.6 is 11.6 Å². The Morgan fingerprint density at radius 1 is 1.16 bits per heavy atom. The van der Waals surface area contributed by atoms with E-state index >= 15 is 0 Å². The van der Waals surface area contributed by atoms with Crippen molar-refractivity contribution in [3.63, 3.8) is 0 Å². The Morgan fingerprint density at radius 2 is 1.84 bits per heavy atom. The number of hydrogen-bond donors (Lipinski definition) is 0. The fourth-order valence-corrected chi connectivity index (χ4v) is 2.67. The van der Waals surface area contributed by atoms with Gasteiger partial charge in [0.2, 0.25) is 0 Å². The van der Waals surface area contributed by atoms with Gasteiger partial charge in [-0.05, 0) is 49.1 Å². The van der Waals surface area contributed by atoms with Gasteiger partial charge in [0.15, 0.2) is 0 Å². The normalized spacial score (nSPS) is 12.0. The molecule has 0 amide bonds. The van der Waals surface area contributed by atoms with E-state index in [4.69, 9.17) is 11.6 Å². The third-order valence-corrected chi connectivity index (χ3v) is 4.31. The molecule has 2 rings (SSSR count). The zero-order chi connectivity index (χ0) is 18.6. The molecule has 25 heavy (non-hydrogen) atoms. The maximum atomic E-state index is 13.2. The first-order chi connectivity index (χ1) is 11.7. The highest BCUT2D eigenvalue weighted by Crippen LogP contribution is 2.36. The summed E-state index contributed by atoms with van der Waals surface area (Å²) in [6.07, 6.45) is -2.63. The van der Waals surface area contributed by atoms with Crippen LogP contribution < -0.4 is 0 Å². The number of nitrogens with zero attached hydrogens (tertiary/aromatic N) is 2. The molecule has 6 heteroatoms. The summed E-state index contributed by atoms with van der Waals surface area (Å²) in [5.74, 6) is 0. The van der Waals surface area contributed by atoms with E-state index in [2.05, 4.69) is 4.99 Å². The van der Waals surface area contributed by atoms with Gasteiger partial charge in [-0.15, -0.1) is 0 Å². The summed E-state index contributed by atoms with van der Waals surface area (Å²) in [5.41, 5.74) is 1.65. The van der Waals surface area contributed by atoms with Gasteiger partial charge in [-0.3, -0.25) is 0 Å². The smallest absolute Gasteiger partial charge is 0.366 e. The van der Waals surface area contributed by atoms with Crippen molar-refractivity contribution in [3.05, 3.63) is 63.7 Å². The molecular weight excluding hydrogens is 349 g/mol. The molecule has 2 aromatic rings. The maximum absolute atomic E-state index is 13.2. The zero-order valence-corrected chi connectivity index (χ0v) is 15.1. The highest BCUT2D eigenvalue weighted by molar-refractivity contribution is 6.33. The molecule has 2 aromatic carbocycles. The molecule has 0 aliphatic heterocycles. The van der Waals surface area contributed by atoms with Crippen LogP contribution in [0.1, 0.15) is 29.2 Å². The SMILES string of the molecule is CCN(C)/C=N\c1cc(C)cc(Cc2ccccc2C(F)(F)F)c1Cl. The molecule has 0 heterocycles. The van der Waals surface area contributed by atoms with E-state index in [0.717, 1.165) is 18.2 Å². The second-order valence-corrected chi connectivity index (χ2v) is 6.28. The monoisotopic (exact) mass is 368 g/mol. The van der Waals surface area contributed by atoms with Crippen LogP contribution in [0.25, 0.3) is 0 Å². The Balaban J connectivity index is 2.42. The van der Waals surface area contributed by atoms with Gasteiger partial charge < -0.3 is 4.90 Å². The van der Waals surface area contributed by atoms with E-state index in [9.17, 15) is 13.2 Å². The lowest BCUT2D eigenvalue weighted by Crippen LogP contribution is -2.14. The first kappa shape index (κ1) is 19.3. The van der Waals surface area contributed by atoms with Crippen molar-refractivity contribution in [2.75, 3.05) is 13.6 Å². The van der Waals surface area contributed by atoms with Crippen LogP contribution in [0, 0.1) is 6.92 Å². The topological polar surface area (TPSA) is 15.6 Å². The van der Waals surface area contributed by atoms with Gasteiger partial charge in [0.1, 0.15) is 0 Å². The lowest BCUT2D eigenvalue weighted by Gasteiger charge is -2.15. The minimum atomic E-state index is -4.39. The average Bonchev–Trinajstić information content (AvgIpc) is 2.55. The maximum Gasteiger partial charge on any atom is 0.416 e. The van der Waals surface area contributed by atoms with E-state index in [0.29, 0.717) is 16.3 Å². The molecule has 0 aliphatic carbocycles. The standard InChI is InChI=1S/C19H20ClF3N2/c1-4-25(3)12-24-17-10-13(2)9-15(18(17)20)11-14-7-5-6-8-16(14)19(21,22)23/h5-10,12H,4,11H2,1-3H3/b24-12-. The van der Waals surface area contributed by atoms with Crippen LogP contribution in [0.5, 0.6) is 0 Å². The van der Waals surface area contributed by atoms with Gasteiger partial charge in [0.25, 0.3) is 0 Å². The minimum absolute atomic E-state index is 0.0995. The Kier molecular flexibility index (Phi) is 6.11. The summed E-state index contributed by atoms with van der Waals surface area (Å²) < 4.78 is 39.6. The molecule has 0 aliphatic rings.